The lowest BCUT2D eigenvalue weighted by Crippen LogP contribution is -2.45. The van der Waals surface area contributed by atoms with Crippen molar-refractivity contribution in [2.24, 2.45) is 5.41 Å². The van der Waals surface area contributed by atoms with Gasteiger partial charge in [0.05, 0.1) is 5.41 Å². The Labute approximate surface area is 186 Å². The molecule has 2 aromatic carbocycles. The number of cyclic esters (lactones) is 1. The molecule has 1 heterocycles. The highest BCUT2D eigenvalue weighted by Crippen LogP contribution is 2.49. The average Bonchev–Trinajstić information content (AvgIpc) is 3.17. The molecule has 1 fully saturated rings. The van der Waals surface area contributed by atoms with E-state index in [9.17, 15) is 22.8 Å². The standard InChI is InChI=1S/C25H28F3NO3/c1-2-3-15-24(25(26,27)28,16-14-19-10-6-4-7-11-19)17-22(30)29-21(18-32-23(29)31)20-12-8-5-9-13-20/h4-13,21H,2-3,14-18H2,1H3/t21-,24+/m1/s1. The second-order valence-electron chi connectivity index (χ2n) is 8.31. The van der Waals surface area contributed by atoms with Crippen LogP contribution in [-0.2, 0) is 16.0 Å². The number of aryl methyl sites for hydroxylation is 1. The van der Waals surface area contributed by atoms with Crippen LogP contribution in [0.3, 0.4) is 0 Å². The van der Waals surface area contributed by atoms with Crippen molar-refractivity contribution in [2.75, 3.05) is 6.61 Å². The maximum absolute atomic E-state index is 14.5. The van der Waals surface area contributed by atoms with E-state index in [2.05, 4.69) is 0 Å². The van der Waals surface area contributed by atoms with E-state index >= 15 is 0 Å². The first-order chi connectivity index (χ1) is 15.3. The van der Waals surface area contributed by atoms with Crippen molar-refractivity contribution in [3.8, 4) is 0 Å². The van der Waals surface area contributed by atoms with Gasteiger partial charge in [0, 0.05) is 6.42 Å². The van der Waals surface area contributed by atoms with E-state index in [-0.39, 0.29) is 25.9 Å². The molecule has 0 radical (unpaired) electrons. The Balaban J connectivity index is 1.88. The van der Waals surface area contributed by atoms with Crippen LogP contribution in [0.4, 0.5) is 18.0 Å². The van der Waals surface area contributed by atoms with Crippen molar-refractivity contribution < 1.29 is 27.5 Å². The van der Waals surface area contributed by atoms with Gasteiger partial charge in [-0.05, 0) is 30.4 Å². The third-order valence-corrected chi connectivity index (χ3v) is 6.16. The number of imide groups is 1. The molecular formula is C25H28F3NO3. The fraction of sp³-hybridized carbons (Fsp3) is 0.440. The number of benzene rings is 2. The van der Waals surface area contributed by atoms with Gasteiger partial charge in [-0.3, -0.25) is 4.79 Å². The fourth-order valence-electron chi connectivity index (χ4n) is 4.22. The Kier molecular flexibility index (Phi) is 7.59. The maximum atomic E-state index is 14.5. The topological polar surface area (TPSA) is 46.6 Å². The quantitative estimate of drug-likeness (QED) is 0.443. The fourth-order valence-corrected chi connectivity index (χ4v) is 4.22. The SMILES string of the molecule is CCCC[C@](CCc1ccccc1)(CC(=O)N1C(=O)OC[C@@H]1c1ccccc1)C(F)(F)F. The largest absolute Gasteiger partial charge is 0.446 e. The van der Waals surface area contributed by atoms with E-state index in [1.807, 2.05) is 13.0 Å². The molecule has 4 nitrogen and oxygen atoms in total. The summed E-state index contributed by atoms with van der Waals surface area (Å²) in [7, 11) is 0. The Morgan fingerprint density at radius 2 is 1.66 bits per heavy atom. The van der Waals surface area contributed by atoms with Crippen LogP contribution in [0, 0.1) is 5.41 Å². The smallest absolute Gasteiger partial charge is 0.417 e. The van der Waals surface area contributed by atoms with E-state index in [4.69, 9.17) is 4.74 Å². The molecule has 0 unspecified atom stereocenters. The number of hydrogen-bond donors (Lipinski definition) is 0. The summed E-state index contributed by atoms with van der Waals surface area (Å²) in [6.07, 6.45) is -5.51. The molecule has 2 amide bonds. The van der Waals surface area contributed by atoms with Crippen molar-refractivity contribution in [2.45, 2.75) is 57.7 Å². The van der Waals surface area contributed by atoms with E-state index in [1.54, 1.807) is 54.6 Å². The summed E-state index contributed by atoms with van der Waals surface area (Å²) in [5.74, 6) is -0.845. The van der Waals surface area contributed by atoms with Crippen LogP contribution in [0.2, 0.25) is 0 Å². The molecule has 2 aromatic rings. The number of nitrogens with zero attached hydrogens (tertiary/aromatic N) is 1. The van der Waals surface area contributed by atoms with Crippen LogP contribution in [0.25, 0.3) is 0 Å². The lowest BCUT2D eigenvalue weighted by molar-refractivity contribution is -0.233. The summed E-state index contributed by atoms with van der Waals surface area (Å²) < 4.78 is 48.5. The minimum Gasteiger partial charge on any atom is -0.446 e. The second-order valence-corrected chi connectivity index (χ2v) is 8.31. The third-order valence-electron chi connectivity index (χ3n) is 6.16. The third kappa shape index (κ3) is 5.31. The van der Waals surface area contributed by atoms with Gasteiger partial charge in [0.15, 0.2) is 0 Å². The summed E-state index contributed by atoms with van der Waals surface area (Å²) in [6.45, 7) is 1.76. The van der Waals surface area contributed by atoms with Crippen molar-refractivity contribution in [1.29, 1.82) is 0 Å². The minimum atomic E-state index is -4.58. The van der Waals surface area contributed by atoms with Crippen molar-refractivity contribution in [3.63, 3.8) is 0 Å². The Morgan fingerprint density at radius 3 is 2.25 bits per heavy atom. The molecule has 1 aliphatic rings. The van der Waals surface area contributed by atoms with Crippen LogP contribution in [0.15, 0.2) is 60.7 Å². The van der Waals surface area contributed by atoms with Crippen LogP contribution in [0.1, 0.15) is 56.2 Å². The number of alkyl halides is 3. The van der Waals surface area contributed by atoms with Gasteiger partial charge < -0.3 is 4.74 Å². The van der Waals surface area contributed by atoms with Crippen LogP contribution < -0.4 is 0 Å². The number of rotatable bonds is 9. The molecule has 0 N–H and O–H groups in total. The number of amides is 2. The molecule has 172 valence electrons. The highest BCUT2D eigenvalue weighted by molar-refractivity contribution is 5.94. The van der Waals surface area contributed by atoms with Crippen molar-refractivity contribution in [3.05, 3.63) is 71.8 Å². The Bertz CT molecular complexity index is 902. The van der Waals surface area contributed by atoms with E-state index in [0.29, 0.717) is 18.4 Å². The molecule has 0 aliphatic carbocycles. The second kappa shape index (κ2) is 10.2. The lowest BCUT2D eigenvalue weighted by atomic mass is 9.74. The van der Waals surface area contributed by atoms with Gasteiger partial charge in [0.25, 0.3) is 0 Å². The Morgan fingerprint density at radius 1 is 1.03 bits per heavy atom. The summed E-state index contributed by atoms with van der Waals surface area (Å²) in [5.41, 5.74) is -0.769. The molecule has 0 aromatic heterocycles. The molecule has 2 atom stereocenters. The highest BCUT2D eigenvalue weighted by atomic mass is 19.4. The summed E-state index contributed by atoms with van der Waals surface area (Å²) >= 11 is 0. The van der Waals surface area contributed by atoms with Crippen LogP contribution >= 0.6 is 0 Å². The Hall–Kier alpha value is -2.83. The zero-order chi connectivity index (χ0) is 23.2. The van der Waals surface area contributed by atoms with Crippen molar-refractivity contribution >= 4 is 12.0 Å². The normalized spacial score (nSPS) is 18.3. The van der Waals surface area contributed by atoms with E-state index < -0.39 is 36.1 Å². The van der Waals surface area contributed by atoms with E-state index in [0.717, 1.165) is 10.5 Å². The van der Waals surface area contributed by atoms with Gasteiger partial charge in [-0.25, -0.2) is 9.69 Å². The van der Waals surface area contributed by atoms with E-state index in [1.165, 1.54) is 0 Å². The first kappa shape index (κ1) is 23.8. The molecule has 32 heavy (non-hydrogen) atoms. The van der Waals surface area contributed by atoms with Crippen LogP contribution in [0.5, 0.6) is 0 Å². The number of ether oxygens (including phenoxy) is 1. The molecule has 7 heteroatoms. The van der Waals surface area contributed by atoms with Gasteiger partial charge in [-0.1, -0.05) is 80.4 Å². The molecule has 0 spiro atoms. The van der Waals surface area contributed by atoms with Gasteiger partial charge in [0.2, 0.25) is 5.91 Å². The molecular weight excluding hydrogens is 419 g/mol. The van der Waals surface area contributed by atoms with Gasteiger partial charge in [0.1, 0.15) is 12.6 Å². The zero-order valence-electron chi connectivity index (χ0n) is 18.1. The predicted octanol–water partition coefficient (Wildman–Crippen LogP) is 6.47. The van der Waals surface area contributed by atoms with Gasteiger partial charge in [-0.2, -0.15) is 13.2 Å². The molecule has 3 rings (SSSR count). The van der Waals surface area contributed by atoms with Crippen LogP contribution in [-0.4, -0.2) is 29.7 Å². The monoisotopic (exact) mass is 447 g/mol. The number of halogens is 3. The first-order valence-corrected chi connectivity index (χ1v) is 10.9. The van der Waals surface area contributed by atoms with Gasteiger partial charge >= 0.3 is 12.3 Å². The molecule has 1 saturated heterocycles. The zero-order valence-corrected chi connectivity index (χ0v) is 18.1. The summed E-state index contributed by atoms with van der Waals surface area (Å²) in [5, 5.41) is 0. The lowest BCUT2D eigenvalue weighted by Gasteiger charge is -2.37. The summed E-state index contributed by atoms with van der Waals surface area (Å²) in [4.78, 5) is 26.4. The number of carbonyl (C=O) groups excluding carboxylic acids is 2. The van der Waals surface area contributed by atoms with Gasteiger partial charge in [-0.15, -0.1) is 0 Å². The predicted molar refractivity (Wildman–Crippen MR) is 115 cm³/mol. The molecule has 1 aliphatic heterocycles. The molecule has 0 bridgehead atoms. The maximum Gasteiger partial charge on any atom is 0.417 e. The average molecular weight is 447 g/mol. The highest BCUT2D eigenvalue weighted by Gasteiger charge is 2.56. The number of unbranched alkanes of at least 4 members (excludes halogenated alkanes) is 1. The first-order valence-electron chi connectivity index (χ1n) is 10.9. The minimum absolute atomic E-state index is 0.0629. The number of hydrogen-bond acceptors (Lipinski definition) is 3. The summed E-state index contributed by atoms with van der Waals surface area (Å²) in [6, 6.07) is 17.0. The number of carbonyl (C=O) groups is 2. The van der Waals surface area contributed by atoms with Crippen molar-refractivity contribution in [1.82, 2.24) is 4.90 Å². The molecule has 0 saturated carbocycles.